The summed E-state index contributed by atoms with van der Waals surface area (Å²) in [5.74, 6) is 6.70. The van der Waals surface area contributed by atoms with E-state index in [0.29, 0.717) is 44.1 Å². The van der Waals surface area contributed by atoms with Crippen LogP contribution in [0.4, 0.5) is 5.13 Å². The summed E-state index contributed by atoms with van der Waals surface area (Å²) >= 11 is 7.27. The van der Waals surface area contributed by atoms with Crippen LogP contribution in [0.5, 0.6) is 5.75 Å². The van der Waals surface area contributed by atoms with Crippen molar-refractivity contribution in [2.75, 3.05) is 12.4 Å². The van der Waals surface area contributed by atoms with Crippen molar-refractivity contribution >= 4 is 44.5 Å². The van der Waals surface area contributed by atoms with Gasteiger partial charge in [0.1, 0.15) is 16.6 Å². The van der Waals surface area contributed by atoms with Crippen LogP contribution in [0.2, 0.25) is 5.15 Å². The third-order valence-electron chi connectivity index (χ3n) is 4.64. The summed E-state index contributed by atoms with van der Waals surface area (Å²) in [5.41, 5.74) is 2.37. The number of thiazole rings is 1. The van der Waals surface area contributed by atoms with Gasteiger partial charge in [-0.1, -0.05) is 28.9 Å². The second kappa shape index (κ2) is 8.45. The van der Waals surface area contributed by atoms with Gasteiger partial charge in [0.15, 0.2) is 15.6 Å². The number of carbonyl (C=O) groups excluding carboxylic acids is 1. The van der Waals surface area contributed by atoms with Crippen LogP contribution in [0.3, 0.4) is 0 Å². The smallest absolute Gasteiger partial charge is 0.259 e. The van der Waals surface area contributed by atoms with E-state index in [9.17, 15) is 4.79 Å². The van der Waals surface area contributed by atoms with Crippen molar-refractivity contribution in [2.45, 2.75) is 12.8 Å². The van der Waals surface area contributed by atoms with Crippen molar-refractivity contribution in [3.8, 4) is 28.7 Å². The van der Waals surface area contributed by atoms with Gasteiger partial charge in [-0.3, -0.25) is 10.1 Å². The number of hydrogen-bond acceptors (Lipinski definition) is 9. The average Bonchev–Trinajstić information content (AvgIpc) is 3.55. The van der Waals surface area contributed by atoms with E-state index in [-0.39, 0.29) is 10.7 Å². The number of hydrogen-bond donors (Lipinski definition) is 1. The molecule has 1 saturated carbocycles. The van der Waals surface area contributed by atoms with Crippen molar-refractivity contribution < 1.29 is 9.53 Å². The van der Waals surface area contributed by atoms with Crippen LogP contribution in [0.1, 0.15) is 28.9 Å². The maximum Gasteiger partial charge on any atom is 0.259 e. The van der Waals surface area contributed by atoms with Gasteiger partial charge < -0.3 is 4.74 Å². The molecular weight excluding hydrogens is 450 g/mol. The molecule has 0 saturated heterocycles. The molecule has 9 nitrogen and oxygen atoms in total. The van der Waals surface area contributed by atoms with Crippen LogP contribution < -0.4 is 10.1 Å². The number of ether oxygens (including phenoxy) is 1. The molecule has 158 valence electrons. The number of nitrogens with one attached hydrogen (secondary N) is 1. The molecule has 11 heteroatoms. The van der Waals surface area contributed by atoms with Crippen LogP contribution in [0.15, 0.2) is 30.9 Å². The fourth-order valence-electron chi connectivity index (χ4n) is 2.91. The molecule has 1 aliphatic carbocycles. The number of halogens is 1. The molecule has 32 heavy (non-hydrogen) atoms. The van der Waals surface area contributed by atoms with Gasteiger partial charge in [0.2, 0.25) is 0 Å². The first kappa shape index (κ1) is 20.2. The van der Waals surface area contributed by atoms with Gasteiger partial charge in [-0.2, -0.15) is 15.2 Å². The van der Waals surface area contributed by atoms with Crippen LogP contribution in [0, 0.1) is 17.8 Å². The van der Waals surface area contributed by atoms with E-state index in [1.54, 1.807) is 12.3 Å². The third-order valence-corrected chi connectivity index (χ3v) is 5.71. The molecule has 0 atom stereocenters. The zero-order valence-electron chi connectivity index (χ0n) is 16.7. The number of carbonyl (C=O) groups is 1. The molecular formula is C21H14ClN7O2S. The fraction of sp³-hybridized carbons (Fsp3) is 0.190. The van der Waals surface area contributed by atoms with E-state index >= 15 is 0 Å². The minimum atomic E-state index is -0.419. The second-order valence-electron chi connectivity index (χ2n) is 6.92. The number of nitrogens with zero attached hydrogens (tertiary/aromatic N) is 6. The molecule has 5 rings (SSSR count). The molecule has 4 aromatic rings. The first-order valence-corrected chi connectivity index (χ1v) is 10.8. The molecule has 0 aliphatic heterocycles. The predicted octanol–water partition coefficient (Wildman–Crippen LogP) is 3.61. The minimum Gasteiger partial charge on any atom is -0.494 e. The Hall–Kier alpha value is -3.68. The largest absolute Gasteiger partial charge is 0.494 e. The molecule has 1 fully saturated rings. The van der Waals surface area contributed by atoms with Crippen molar-refractivity contribution in [1.82, 2.24) is 30.1 Å². The van der Waals surface area contributed by atoms with E-state index in [4.69, 9.17) is 16.3 Å². The number of fused-ring (bicyclic) bond motifs is 1. The summed E-state index contributed by atoms with van der Waals surface area (Å²) in [5, 5.41) is 11.2. The molecule has 1 aliphatic rings. The maximum absolute atomic E-state index is 13.1. The van der Waals surface area contributed by atoms with Crippen LogP contribution in [0.25, 0.3) is 21.6 Å². The molecule has 1 amide bonds. The summed E-state index contributed by atoms with van der Waals surface area (Å²) in [4.78, 5) is 30.8. The summed E-state index contributed by atoms with van der Waals surface area (Å²) in [7, 11) is 1.51. The zero-order valence-corrected chi connectivity index (χ0v) is 18.2. The highest BCUT2D eigenvalue weighted by Crippen LogP contribution is 2.33. The Kier molecular flexibility index (Phi) is 5.34. The molecule has 0 unspecified atom stereocenters. The monoisotopic (exact) mass is 463 g/mol. The summed E-state index contributed by atoms with van der Waals surface area (Å²) in [6, 6.07) is 1.60. The number of rotatable bonds is 4. The molecule has 4 heterocycles. The number of aromatic nitrogens is 6. The Morgan fingerprint density at radius 1 is 1.16 bits per heavy atom. The highest BCUT2D eigenvalue weighted by Gasteiger charge is 2.20. The lowest BCUT2D eigenvalue weighted by molar-refractivity contribution is 0.102. The lowest BCUT2D eigenvalue weighted by atomic mass is 10.0. The SMILES string of the molecule is COc1cnc(Cl)cc1-c1cnncc1C(=O)Nc1nc2ncc(C#CC3CC3)nc2s1. The lowest BCUT2D eigenvalue weighted by Crippen LogP contribution is -2.14. The molecule has 4 aromatic heterocycles. The Morgan fingerprint density at radius 3 is 2.81 bits per heavy atom. The number of anilines is 1. The lowest BCUT2D eigenvalue weighted by Gasteiger charge is -2.11. The topological polar surface area (TPSA) is 116 Å². The second-order valence-corrected chi connectivity index (χ2v) is 8.29. The predicted molar refractivity (Wildman–Crippen MR) is 120 cm³/mol. The van der Waals surface area contributed by atoms with E-state index in [2.05, 4.69) is 47.3 Å². The number of pyridine rings is 1. The van der Waals surface area contributed by atoms with Crippen molar-refractivity contribution in [2.24, 2.45) is 5.92 Å². The Balaban J connectivity index is 1.44. The van der Waals surface area contributed by atoms with Crippen molar-refractivity contribution in [1.29, 1.82) is 0 Å². The van der Waals surface area contributed by atoms with Crippen LogP contribution >= 0.6 is 22.9 Å². The first-order chi connectivity index (χ1) is 15.6. The third kappa shape index (κ3) is 4.21. The highest BCUT2D eigenvalue weighted by molar-refractivity contribution is 7.21. The molecule has 1 N–H and O–H groups in total. The number of methoxy groups -OCH3 is 1. The minimum absolute atomic E-state index is 0.257. The van der Waals surface area contributed by atoms with E-state index < -0.39 is 5.91 Å². The standard InChI is InChI=1S/C21H14ClN7O2S/c1-31-16-10-23-17(22)6-13(16)14-8-25-26-9-15(14)19(30)29-21-28-18-20(32-21)27-12(7-24-18)5-4-11-2-3-11/h6-11H,2-3H2,1H3,(H,24,28,29,30). The zero-order chi connectivity index (χ0) is 22.1. The van der Waals surface area contributed by atoms with Gasteiger partial charge in [0, 0.05) is 17.0 Å². The van der Waals surface area contributed by atoms with E-state index in [1.165, 1.54) is 37.0 Å². The maximum atomic E-state index is 13.1. The van der Waals surface area contributed by atoms with Crippen LogP contribution in [-0.2, 0) is 0 Å². The molecule has 0 aromatic carbocycles. The highest BCUT2D eigenvalue weighted by atomic mass is 35.5. The van der Waals surface area contributed by atoms with Gasteiger partial charge in [-0.25, -0.2) is 15.0 Å². The van der Waals surface area contributed by atoms with Crippen molar-refractivity contribution in [3.05, 3.63) is 47.3 Å². The Morgan fingerprint density at radius 2 is 2.00 bits per heavy atom. The Labute approximate surface area is 191 Å². The molecule has 0 bridgehead atoms. The van der Waals surface area contributed by atoms with Gasteiger partial charge in [-0.15, -0.1) is 0 Å². The summed E-state index contributed by atoms with van der Waals surface area (Å²) in [6.07, 6.45) is 8.19. The Bertz CT molecular complexity index is 1410. The van der Waals surface area contributed by atoms with Gasteiger partial charge in [0.25, 0.3) is 5.91 Å². The summed E-state index contributed by atoms with van der Waals surface area (Å²) in [6.45, 7) is 0. The quantitative estimate of drug-likeness (QED) is 0.360. The van der Waals surface area contributed by atoms with Crippen molar-refractivity contribution in [3.63, 3.8) is 0 Å². The number of amides is 1. The molecule has 0 radical (unpaired) electrons. The summed E-state index contributed by atoms with van der Waals surface area (Å²) < 4.78 is 5.36. The first-order valence-electron chi connectivity index (χ1n) is 9.58. The van der Waals surface area contributed by atoms with E-state index in [0.717, 1.165) is 12.8 Å². The normalized spacial score (nSPS) is 12.8. The molecule has 0 spiro atoms. The van der Waals surface area contributed by atoms with Gasteiger partial charge >= 0.3 is 0 Å². The van der Waals surface area contributed by atoms with E-state index in [1.807, 2.05) is 0 Å². The van der Waals surface area contributed by atoms with Gasteiger partial charge in [-0.05, 0) is 24.8 Å². The van der Waals surface area contributed by atoms with Gasteiger partial charge in [0.05, 0.1) is 37.5 Å². The average molecular weight is 464 g/mol. The fourth-order valence-corrected chi connectivity index (χ4v) is 3.86. The van der Waals surface area contributed by atoms with Crippen LogP contribution in [-0.4, -0.2) is 43.2 Å².